The van der Waals surface area contributed by atoms with Crippen LogP contribution in [0.25, 0.3) is 0 Å². The van der Waals surface area contributed by atoms with Crippen LogP contribution in [0.2, 0.25) is 0 Å². The van der Waals surface area contributed by atoms with Gasteiger partial charge in [-0.25, -0.2) is 9.44 Å². The van der Waals surface area contributed by atoms with Gasteiger partial charge in [0, 0.05) is 25.2 Å². The smallest absolute Gasteiger partial charge is 0.0206 e. The summed E-state index contributed by atoms with van der Waals surface area (Å²) in [4.78, 5) is 0. The molecule has 0 amide bonds. The molecule has 2 N–H and O–H groups in total. The van der Waals surface area contributed by atoms with Gasteiger partial charge in [0.2, 0.25) is 0 Å². The first-order valence-corrected chi connectivity index (χ1v) is 2.43. The average molecular weight is 90.2 g/mol. The molecule has 0 aliphatic carbocycles. The lowest BCUT2D eigenvalue weighted by Gasteiger charge is -1.75. The molecular formula is C2H6N2S. The van der Waals surface area contributed by atoms with E-state index in [1.165, 1.54) is 0 Å². The fourth-order valence-corrected chi connectivity index (χ4v) is 0.765. The zero-order valence-electron chi connectivity index (χ0n) is 2.82. The molecule has 0 saturated carbocycles. The Balaban J connectivity index is 2.08. The zero-order valence-corrected chi connectivity index (χ0v) is 3.64. The lowest BCUT2D eigenvalue weighted by atomic mass is 10.7. The number of nitrogens with one attached hydrogen (secondary N) is 2. The van der Waals surface area contributed by atoms with Crippen molar-refractivity contribution >= 4 is 12.1 Å². The van der Waals surface area contributed by atoms with Gasteiger partial charge < -0.3 is 0 Å². The Bertz CT molecular complexity index is 19.2. The molecule has 1 heterocycles. The summed E-state index contributed by atoms with van der Waals surface area (Å²) < 4.78 is 6.06. The van der Waals surface area contributed by atoms with Crippen LogP contribution < -0.4 is 9.44 Å². The minimum atomic E-state index is 1.10. The van der Waals surface area contributed by atoms with Crippen molar-refractivity contribution in [1.82, 2.24) is 9.44 Å². The van der Waals surface area contributed by atoms with E-state index in [9.17, 15) is 0 Å². The van der Waals surface area contributed by atoms with E-state index in [0.717, 1.165) is 13.1 Å². The molecule has 0 unspecified atom stereocenters. The summed E-state index contributed by atoms with van der Waals surface area (Å²) in [5, 5.41) is 0. The Morgan fingerprint density at radius 2 is 1.80 bits per heavy atom. The maximum absolute atomic E-state index is 3.03. The first kappa shape index (κ1) is 3.46. The van der Waals surface area contributed by atoms with E-state index in [1.54, 1.807) is 12.1 Å². The van der Waals surface area contributed by atoms with Gasteiger partial charge in [0.25, 0.3) is 0 Å². The fourth-order valence-electron chi connectivity index (χ4n) is 0.255. The summed E-state index contributed by atoms with van der Waals surface area (Å²) >= 11 is 1.57. The molecule has 0 bridgehead atoms. The maximum Gasteiger partial charge on any atom is 0.0206 e. The number of hydrogen-bond donors (Lipinski definition) is 2. The van der Waals surface area contributed by atoms with Crippen molar-refractivity contribution in [3.8, 4) is 0 Å². The standard InChI is InChI=1S/C2H6N2S/c1-2-4-5-3-1/h3-4H,1-2H2. The third-order valence-corrected chi connectivity index (χ3v) is 1.17. The van der Waals surface area contributed by atoms with Gasteiger partial charge >= 0.3 is 0 Å². The highest BCUT2D eigenvalue weighted by Gasteiger charge is 1.92. The Morgan fingerprint density at radius 3 is 2.00 bits per heavy atom. The normalized spacial score (nSPS) is 24.0. The Hall–Kier alpha value is 0.270. The largest absolute Gasteiger partial charge is 0.249 e. The van der Waals surface area contributed by atoms with Gasteiger partial charge in [-0.3, -0.25) is 0 Å². The van der Waals surface area contributed by atoms with Crippen molar-refractivity contribution in [3.63, 3.8) is 0 Å². The number of rotatable bonds is 0. The van der Waals surface area contributed by atoms with Crippen LogP contribution in [0.15, 0.2) is 0 Å². The minimum Gasteiger partial charge on any atom is -0.249 e. The topological polar surface area (TPSA) is 24.1 Å². The highest BCUT2D eigenvalue weighted by molar-refractivity contribution is 7.95. The highest BCUT2D eigenvalue weighted by atomic mass is 32.2. The fraction of sp³-hybridized carbons (Fsp3) is 1.00. The van der Waals surface area contributed by atoms with Crippen LogP contribution in [0.1, 0.15) is 0 Å². The molecule has 1 aliphatic heterocycles. The first-order valence-electron chi connectivity index (χ1n) is 1.62. The van der Waals surface area contributed by atoms with Gasteiger partial charge in [-0.1, -0.05) is 0 Å². The second-order valence-electron chi connectivity index (χ2n) is 0.891. The second kappa shape index (κ2) is 1.64. The summed E-state index contributed by atoms with van der Waals surface area (Å²) in [6, 6.07) is 0. The molecule has 2 nitrogen and oxygen atoms in total. The molecule has 1 saturated heterocycles. The Kier molecular flexibility index (Phi) is 1.14. The van der Waals surface area contributed by atoms with Crippen LogP contribution in [0, 0.1) is 0 Å². The summed E-state index contributed by atoms with van der Waals surface area (Å²) in [5.41, 5.74) is 0. The first-order chi connectivity index (χ1) is 2.50. The van der Waals surface area contributed by atoms with Crippen LogP contribution in [0.3, 0.4) is 0 Å². The van der Waals surface area contributed by atoms with Crippen molar-refractivity contribution in [1.29, 1.82) is 0 Å². The molecule has 0 aromatic heterocycles. The number of hydrogen-bond acceptors (Lipinski definition) is 3. The molecule has 3 heteroatoms. The lowest BCUT2D eigenvalue weighted by Crippen LogP contribution is -1.99. The molecule has 0 aromatic rings. The zero-order chi connectivity index (χ0) is 3.54. The molecule has 0 atom stereocenters. The van der Waals surface area contributed by atoms with Crippen molar-refractivity contribution in [3.05, 3.63) is 0 Å². The summed E-state index contributed by atoms with van der Waals surface area (Å²) in [6.45, 7) is 2.20. The van der Waals surface area contributed by atoms with Crippen molar-refractivity contribution in [2.75, 3.05) is 13.1 Å². The van der Waals surface area contributed by atoms with Crippen molar-refractivity contribution < 1.29 is 0 Å². The molecule has 0 radical (unpaired) electrons. The molecule has 5 heavy (non-hydrogen) atoms. The van der Waals surface area contributed by atoms with Crippen molar-refractivity contribution in [2.24, 2.45) is 0 Å². The van der Waals surface area contributed by atoms with Gasteiger partial charge in [0.05, 0.1) is 0 Å². The van der Waals surface area contributed by atoms with Crippen LogP contribution in [0.5, 0.6) is 0 Å². The van der Waals surface area contributed by atoms with Crippen LogP contribution in [-0.4, -0.2) is 13.1 Å². The monoisotopic (exact) mass is 90.0 g/mol. The summed E-state index contributed by atoms with van der Waals surface area (Å²) in [5.74, 6) is 0. The second-order valence-corrected chi connectivity index (χ2v) is 1.67. The molecule has 1 aliphatic rings. The lowest BCUT2D eigenvalue weighted by molar-refractivity contribution is 0.942. The quantitative estimate of drug-likeness (QED) is 0.401. The van der Waals surface area contributed by atoms with Crippen LogP contribution in [0.4, 0.5) is 0 Å². The Morgan fingerprint density at radius 1 is 1.20 bits per heavy atom. The van der Waals surface area contributed by atoms with E-state index in [4.69, 9.17) is 0 Å². The van der Waals surface area contributed by atoms with Crippen LogP contribution >= 0.6 is 12.1 Å². The van der Waals surface area contributed by atoms with Crippen molar-refractivity contribution in [2.45, 2.75) is 0 Å². The van der Waals surface area contributed by atoms with E-state index in [-0.39, 0.29) is 0 Å². The van der Waals surface area contributed by atoms with E-state index >= 15 is 0 Å². The molecule has 1 rings (SSSR count). The molecular weight excluding hydrogens is 84.1 g/mol. The maximum atomic E-state index is 3.03. The SMILES string of the molecule is C1CNSN1. The molecule has 0 aromatic carbocycles. The van der Waals surface area contributed by atoms with Gasteiger partial charge in [-0.15, -0.1) is 0 Å². The minimum absolute atomic E-state index is 1.10. The average Bonchev–Trinajstić information content (AvgIpc) is 1.76. The van der Waals surface area contributed by atoms with E-state index < -0.39 is 0 Å². The molecule has 0 spiro atoms. The summed E-state index contributed by atoms with van der Waals surface area (Å²) in [6.07, 6.45) is 0. The summed E-state index contributed by atoms with van der Waals surface area (Å²) in [7, 11) is 0. The predicted octanol–water partition coefficient (Wildman–Crippen LogP) is -0.258. The van der Waals surface area contributed by atoms with E-state index in [1.807, 2.05) is 0 Å². The molecule has 1 fully saturated rings. The van der Waals surface area contributed by atoms with E-state index in [0.29, 0.717) is 0 Å². The van der Waals surface area contributed by atoms with Gasteiger partial charge in [0.15, 0.2) is 0 Å². The third kappa shape index (κ3) is 0.792. The molecule has 30 valence electrons. The highest BCUT2D eigenvalue weighted by Crippen LogP contribution is 1.87. The van der Waals surface area contributed by atoms with Gasteiger partial charge in [-0.05, 0) is 0 Å². The third-order valence-electron chi connectivity index (χ3n) is 0.473. The predicted molar refractivity (Wildman–Crippen MR) is 23.6 cm³/mol. The Labute approximate surface area is 35.6 Å². The van der Waals surface area contributed by atoms with Gasteiger partial charge in [-0.2, -0.15) is 0 Å². The van der Waals surface area contributed by atoms with Gasteiger partial charge in [0.1, 0.15) is 0 Å². The van der Waals surface area contributed by atoms with E-state index in [2.05, 4.69) is 9.44 Å². The van der Waals surface area contributed by atoms with Crippen LogP contribution in [-0.2, 0) is 0 Å².